The lowest BCUT2D eigenvalue weighted by Crippen LogP contribution is -2.18. The zero-order valence-electron chi connectivity index (χ0n) is 6.55. The van der Waals surface area contributed by atoms with Crippen LogP contribution in [-0.4, -0.2) is 5.11 Å². The first kappa shape index (κ1) is 7.55. The summed E-state index contributed by atoms with van der Waals surface area (Å²) in [6, 6.07) is 4.47. The van der Waals surface area contributed by atoms with E-state index in [4.69, 9.17) is 5.73 Å². The number of hydrogen-bond acceptors (Lipinski definition) is 2. The zero-order valence-corrected chi connectivity index (χ0v) is 6.55. The molecule has 0 aromatic heterocycles. The first-order valence-electron chi connectivity index (χ1n) is 3.90. The fourth-order valence-electron chi connectivity index (χ4n) is 1.32. The molecule has 0 bridgehead atoms. The molecule has 3 heteroatoms. The highest BCUT2D eigenvalue weighted by Gasteiger charge is 2.42. The third kappa shape index (κ3) is 0.975. The minimum Gasteiger partial charge on any atom is -0.505 e. The maximum absolute atomic E-state index is 12.8. The Morgan fingerprint density at radius 3 is 2.67 bits per heavy atom. The van der Waals surface area contributed by atoms with Crippen LogP contribution in [0.1, 0.15) is 18.4 Å². The van der Waals surface area contributed by atoms with E-state index in [0.717, 1.165) is 12.8 Å². The van der Waals surface area contributed by atoms with E-state index >= 15 is 0 Å². The highest BCUT2D eigenvalue weighted by Crippen LogP contribution is 2.46. The average Bonchev–Trinajstić information content (AvgIpc) is 2.75. The molecule has 1 aliphatic carbocycles. The molecule has 64 valence electrons. The fourth-order valence-corrected chi connectivity index (χ4v) is 1.32. The number of hydrogen-bond donors (Lipinski definition) is 2. The number of para-hydroxylation sites is 1. The summed E-state index contributed by atoms with van der Waals surface area (Å²) in [4.78, 5) is 0. The van der Waals surface area contributed by atoms with Crippen LogP contribution in [0.25, 0.3) is 0 Å². The lowest BCUT2D eigenvalue weighted by atomic mass is 10.0. The van der Waals surface area contributed by atoms with Gasteiger partial charge < -0.3 is 10.8 Å². The van der Waals surface area contributed by atoms with Crippen molar-refractivity contribution >= 4 is 0 Å². The number of aromatic hydroxyl groups is 1. The summed E-state index contributed by atoms with van der Waals surface area (Å²) in [7, 11) is 0. The highest BCUT2D eigenvalue weighted by molar-refractivity contribution is 5.41. The Morgan fingerprint density at radius 2 is 2.08 bits per heavy atom. The Hall–Kier alpha value is -1.09. The van der Waals surface area contributed by atoms with Crippen LogP contribution in [0.15, 0.2) is 18.2 Å². The van der Waals surface area contributed by atoms with E-state index < -0.39 is 11.4 Å². The number of phenolic OH excluding ortho intramolecular Hbond substituents is 1. The molecule has 0 atom stereocenters. The molecule has 0 spiro atoms. The highest BCUT2D eigenvalue weighted by atomic mass is 19.1. The van der Waals surface area contributed by atoms with Gasteiger partial charge in [-0.2, -0.15) is 0 Å². The Kier molecular flexibility index (Phi) is 1.38. The second-order valence-corrected chi connectivity index (χ2v) is 3.29. The van der Waals surface area contributed by atoms with E-state index in [1.54, 1.807) is 12.1 Å². The molecule has 12 heavy (non-hydrogen) atoms. The molecule has 1 aromatic carbocycles. The van der Waals surface area contributed by atoms with Gasteiger partial charge in [0.05, 0.1) is 0 Å². The van der Waals surface area contributed by atoms with Crippen molar-refractivity contribution in [2.75, 3.05) is 0 Å². The number of nitrogens with two attached hydrogens (primary N) is 1. The minimum atomic E-state index is -0.593. The molecule has 2 nitrogen and oxygen atoms in total. The smallest absolute Gasteiger partial charge is 0.165 e. The minimum absolute atomic E-state index is 0.294. The van der Waals surface area contributed by atoms with Gasteiger partial charge in [-0.3, -0.25) is 0 Å². The molecule has 0 saturated heterocycles. The molecule has 2 rings (SSSR count). The van der Waals surface area contributed by atoms with Gasteiger partial charge in [-0.25, -0.2) is 4.39 Å². The van der Waals surface area contributed by atoms with E-state index in [1.807, 2.05) is 0 Å². The first-order chi connectivity index (χ1) is 5.63. The van der Waals surface area contributed by atoms with E-state index in [1.165, 1.54) is 6.07 Å². The van der Waals surface area contributed by atoms with Gasteiger partial charge in [0.15, 0.2) is 11.6 Å². The lowest BCUT2D eigenvalue weighted by molar-refractivity contribution is 0.419. The van der Waals surface area contributed by atoms with Crippen molar-refractivity contribution in [2.24, 2.45) is 5.73 Å². The van der Waals surface area contributed by atoms with Gasteiger partial charge in [0.1, 0.15) is 0 Å². The molecule has 1 aromatic rings. The van der Waals surface area contributed by atoms with Crippen LogP contribution in [0.4, 0.5) is 4.39 Å². The van der Waals surface area contributed by atoms with Crippen LogP contribution in [0, 0.1) is 5.82 Å². The Balaban J connectivity index is 2.51. The van der Waals surface area contributed by atoms with Crippen LogP contribution in [0.3, 0.4) is 0 Å². The average molecular weight is 167 g/mol. The summed E-state index contributed by atoms with van der Waals surface area (Å²) in [6.45, 7) is 0. The second-order valence-electron chi connectivity index (χ2n) is 3.29. The first-order valence-corrected chi connectivity index (χ1v) is 3.90. The van der Waals surface area contributed by atoms with Gasteiger partial charge in [0.2, 0.25) is 0 Å². The normalized spacial score (nSPS) is 19.2. The summed E-state index contributed by atoms with van der Waals surface area (Å²) in [5, 5.41) is 9.32. The van der Waals surface area contributed by atoms with Crippen LogP contribution in [0.2, 0.25) is 0 Å². The predicted molar refractivity (Wildman–Crippen MR) is 43.2 cm³/mol. The monoisotopic (exact) mass is 167 g/mol. The van der Waals surface area contributed by atoms with Crippen molar-refractivity contribution in [2.45, 2.75) is 18.4 Å². The summed E-state index contributed by atoms with van der Waals surface area (Å²) < 4.78 is 12.8. The van der Waals surface area contributed by atoms with Crippen molar-refractivity contribution < 1.29 is 9.50 Å². The van der Waals surface area contributed by atoms with Gasteiger partial charge in [0, 0.05) is 11.1 Å². The van der Waals surface area contributed by atoms with Gasteiger partial charge in [-0.1, -0.05) is 12.1 Å². The van der Waals surface area contributed by atoms with Gasteiger partial charge in [-0.15, -0.1) is 0 Å². The summed E-state index contributed by atoms with van der Waals surface area (Å²) in [5.41, 5.74) is 5.87. The van der Waals surface area contributed by atoms with Crippen molar-refractivity contribution in [3.63, 3.8) is 0 Å². The standard InChI is InChI=1S/C9H10FNO/c10-7-3-1-2-6(8(7)12)9(11)4-5-9/h1-3,12H,4-5,11H2. The van der Waals surface area contributed by atoms with E-state index in [2.05, 4.69) is 0 Å². The number of benzene rings is 1. The van der Waals surface area contributed by atoms with Crippen molar-refractivity contribution in [3.8, 4) is 5.75 Å². The van der Waals surface area contributed by atoms with Crippen LogP contribution in [0.5, 0.6) is 5.75 Å². The lowest BCUT2D eigenvalue weighted by Gasteiger charge is -2.10. The Labute approximate surface area is 69.8 Å². The third-order valence-corrected chi connectivity index (χ3v) is 2.31. The van der Waals surface area contributed by atoms with Gasteiger partial charge in [0.25, 0.3) is 0 Å². The predicted octanol–water partition coefficient (Wildman–Crippen LogP) is 1.48. The van der Waals surface area contributed by atoms with Crippen molar-refractivity contribution in [1.29, 1.82) is 0 Å². The number of rotatable bonds is 1. The summed E-state index contributed by atoms with van der Waals surface area (Å²) >= 11 is 0. The molecule has 3 N–H and O–H groups in total. The van der Waals surface area contributed by atoms with Crippen molar-refractivity contribution in [3.05, 3.63) is 29.6 Å². The van der Waals surface area contributed by atoms with E-state index in [-0.39, 0.29) is 5.75 Å². The molecule has 0 radical (unpaired) electrons. The quantitative estimate of drug-likeness (QED) is 0.665. The maximum atomic E-state index is 12.8. The molecule has 0 heterocycles. The molecule has 0 amide bonds. The largest absolute Gasteiger partial charge is 0.505 e. The summed E-state index contributed by atoms with van der Waals surface area (Å²) in [6.07, 6.45) is 1.65. The Morgan fingerprint density at radius 1 is 1.42 bits per heavy atom. The third-order valence-electron chi connectivity index (χ3n) is 2.31. The molecule has 1 aliphatic rings. The van der Waals surface area contributed by atoms with Crippen molar-refractivity contribution in [1.82, 2.24) is 0 Å². The van der Waals surface area contributed by atoms with Crippen LogP contribution < -0.4 is 5.73 Å². The topological polar surface area (TPSA) is 46.2 Å². The Bertz CT molecular complexity index is 320. The maximum Gasteiger partial charge on any atom is 0.165 e. The molecule has 0 aliphatic heterocycles. The molecule has 1 fully saturated rings. The van der Waals surface area contributed by atoms with E-state index in [0.29, 0.717) is 5.56 Å². The molecular weight excluding hydrogens is 157 g/mol. The fraction of sp³-hybridized carbons (Fsp3) is 0.333. The van der Waals surface area contributed by atoms with Gasteiger partial charge >= 0.3 is 0 Å². The molecule has 1 saturated carbocycles. The second kappa shape index (κ2) is 2.20. The van der Waals surface area contributed by atoms with Crippen LogP contribution >= 0.6 is 0 Å². The zero-order chi connectivity index (χ0) is 8.77. The van der Waals surface area contributed by atoms with Crippen LogP contribution in [-0.2, 0) is 5.54 Å². The SMILES string of the molecule is NC1(c2cccc(F)c2O)CC1. The molecule has 0 unspecified atom stereocenters. The van der Waals surface area contributed by atoms with E-state index in [9.17, 15) is 9.50 Å². The summed E-state index contributed by atoms with van der Waals surface area (Å²) in [5.74, 6) is -0.887. The number of phenols is 1. The molecular formula is C9H10FNO. The van der Waals surface area contributed by atoms with Gasteiger partial charge in [-0.05, 0) is 18.9 Å². The number of halogens is 1.